The molecule has 0 bridgehead atoms. The minimum Gasteiger partial charge on any atom is -0.496 e. The molecule has 8 heteroatoms. The van der Waals surface area contributed by atoms with Crippen molar-refractivity contribution >= 4 is 21.7 Å². The van der Waals surface area contributed by atoms with Gasteiger partial charge in [0.2, 0.25) is 0 Å². The maximum atomic E-state index is 12.9. The number of rotatable bonds is 4. The molecule has 0 saturated heterocycles. The summed E-state index contributed by atoms with van der Waals surface area (Å²) in [6, 6.07) is 5.90. The van der Waals surface area contributed by atoms with Gasteiger partial charge in [-0.2, -0.15) is 0 Å². The SMILES string of the molecule is COC(=O)c1ccc(S(=O)(=O)N2CCc3ccncc32)cc1OC. The Balaban J connectivity index is 2.04. The number of benzene rings is 1. The van der Waals surface area contributed by atoms with Crippen LogP contribution in [0.3, 0.4) is 0 Å². The molecule has 0 N–H and O–H groups in total. The van der Waals surface area contributed by atoms with E-state index in [0.29, 0.717) is 18.7 Å². The molecule has 2 heterocycles. The zero-order valence-corrected chi connectivity index (χ0v) is 14.0. The van der Waals surface area contributed by atoms with E-state index in [1.54, 1.807) is 12.4 Å². The summed E-state index contributed by atoms with van der Waals surface area (Å²) in [5.41, 5.74) is 1.68. The highest BCUT2D eigenvalue weighted by Gasteiger charge is 2.31. The van der Waals surface area contributed by atoms with Gasteiger partial charge in [-0.25, -0.2) is 13.2 Å². The normalized spacial score (nSPS) is 13.5. The van der Waals surface area contributed by atoms with Crippen molar-refractivity contribution in [1.29, 1.82) is 0 Å². The topological polar surface area (TPSA) is 85.8 Å². The van der Waals surface area contributed by atoms with Crippen LogP contribution in [0.2, 0.25) is 0 Å². The summed E-state index contributed by atoms with van der Waals surface area (Å²) in [4.78, 5) is 15.8. The monoisotopic (exact) mass is 348 g/mol. The molecular formula is C16H16N2O5S. The summed E-state index contributed by atoms with van der Waals surface area (Å²) in [5.74, 6) is -0.444. The van der Waals surface area contributed by atoms with Crippen LogP contribution in [0.1, 0.15) is 15.9 Å². The van der Waals surface area contributed by atoms with Crippen LogP contribution in [0, 0.1) is 0 Å². The lowest BCUT2D eigenvalue weighted by Gasteiger charge is -2.20. The number of anilines is 1. The van der Waals surface area contributed by atoms with Gasteiger partial charge in [-0.05, 0) is 30.2 Å². The number of hydrogen-bond donors (Lipinski definition) is 0. The lowest BCUT2D eigenvalue weighted by atomic mass is 10.2. The summed E-state index contributed by atoms with van der Waals surface area (Å²) in [6.07, 6.45) is 3.82. The van der Waals surface area contributed by atoms with Crippen molar-refractivity contribution in [3.8, 4) is 5.75 Å². The first kappa shape index (κ1) is 16.3. The second-order valence-electron chi connectivity index (χ2n) is 5.19. The van der Waals surface area contributed by atoms with Crippen LogP contribution in [0.4, 0.5) is 5.69 Å². The average molecular weight is 348 g/mol. The van der Waals surface area contributed by atoms with Crippen molar-refractivity contribution in [2.75, 3.05) is 25.1 Å². The molecule has 2 aromatic rings. The third-order valence-electron chi connectivity index (χ3n) is 3.91. The van der Waals surface area contributed by atoms with Gasteiger partial charge in [0.05, 0.1) is 31.0 Å². The highest BCUT2D eigenvalue weighted by atomic mass is 32.2. The van der Waals surface area contributed by atoms with Crippen molar-refractivity contribution in [1.82, 2.24) is 4.98 Å². The third kappa shape index (κ3) is 2.58. The Bertz CT molecular complexity index is 895. The van der Waals surface area contributed by atoms with Gasteiger partial charge < -0.3 is 9.47 Å². The fraction of sp³-hybridized carbons (Fsp3) is 0.250. The quantitative estimate of drug-likeness (QED) is 0.781. The van der Waals surface area contributed by atoms with Gasteiger partial charge in [-0.3, -0.25) is 9.29 Å². The Morgan fingerprint density at radius 1 is 1.25 bits per heavy atom. The van der Waals surface area contributed by atoms with Crippen LogP contribution >= 0.6 is 0 Å². The number of hydrogen-bond acceptors (Lipinski definition) is 6. The Kier molecular flexibility index (Phi) is 4.15. The Morgan fingerprint density at radius 3 is 2.75 bits per heavy atom. The van der Waals surface area contributed by atoms with E-state index in [1.807, 2.05) is 6.07 Å². The fourth-order valence-electron chi connectivity index (χ4n) is 2.68. The standard InChI is InChI=1S/C16H16N2O5S/c1-22-15-9-12(3-4-13(15)16(19)23-2)24(20,21)18-8-6-11-5-7-17-10-14(11)18/h3-5,7,9-10H,6,8H2,1-2H3. The number of carbonyl (C=O) groups excluding carboxylic acids is 1. The number of methoxy groups -OCH3 is 2. The first-order valence-electron chi connectivity index (χ1n) is 7.21. The predicted molar refractivity (Wildman–Crippen MR) is 86.8 cm³/mol. The Hall–Kier alpha value is -2.61. The van der Waals surface area contributed by atoms with Crippen molar-refractivity contribution < 1.29 is 22.7 Å². The van der Waals surface area contributed by atoms with Gasteiger partial charge in [0.25, 0.3) is 10.0 Å². The molecule has 0 atom stereocenters. The van der Waals surface area contributed by atoms with Crippen molar-refractivity contribution in [2.24, 2.45) is 0 Å². The molecule has 126 valence electrons. The summed E-state index contributed by atoms with van der Waals surface area (Å²) in [7, 11) is -1.15. The number of esters is 1. The highest BCUT2D eigenvalue weighted by Crippen LogP contribution is 2.33. The highest BCUT2D eigenvalue weighted by molar-refractivity contribution is 7.92. The molecule has 0 saturated carbocycles. The third-order valence-corrected chi connectivity index (χ3v) is 5.72. The van der Waals surface area contributed by atoms with Crippen molar-refractivity contribution in [3.63, 3.8) is 0 Å². The van der Waals surface area contributed by atoms with Gasteiger partial charge in [-0.15, -0.1) is 0 Å². The van der Waals surface area contributed by atoms with Crippen molar-refractivity contribution in [3.05, 3.63) is 47.8 Å². The molecule has 24 heavy (non-hydrogen) atoms. The van der Waals surface area contributed by atoms with Gasteiger partial charge in [0.1, 0.15) is 11.3 Å². The fourth-order valence-corrected chi connectivity index (χ4v) is 4.19. The summed E-state index contributed by atoms with van der Waals surface area (Å²) in [6.45, 7) is 0.352. The number of pyridine rings is 1. The van der Waals surface area contributed by atoms with Gasteiger partial charge in [0.15, 0.2) is 0 Å². The van der Waals surface area contributed by atoms with E-state index >= 15 is 0 Å². The van der Waals surface area contributed by atoms with E-state index in [4.69, 9.17) is 4.74 Å². The van der Waals surface area contributed by atoms with E-state index in [0.717, 1.165) is 5.56 Å². The second kappa shape index (κ2) is 6.12. The summed E-state index contributed by atoms with van der Waals surface area (Å²) >= 11 is 0. The molecule has 0 amide bonds. The minimum atomic E-state index is -3.77. The number of ether oxygens (including phenoxy) is 2. The zero-order valence-electron chi connectivity index (χ0n) is 13.2. The number of fused-ring (bicyclic) bond motifs is 1. The van der Waals surface area contributed by atoms with Crippen LogP contribution in [-0.4, -0.2) is 40.1 Å². The average Bonchev–Trinajstić information content (AvgIpc) is 3.05. The molecule has 0 fully saturated rings. The summed E-state index contributed by atoms with van der Waals surface area (Å²) < 4.78 is 37.0. The van der Waals surface area contributed by atoms with E-state index < -0.39 is 16.0 Å². The predicted octanol–water partition coefficient (Wildman–Crippen LogP) is 1.63. The van der Waals surface area contributed by atoms with Crippen LogP contribution in [0.5, 0.6) is 5.75 Å². The molecule has 0 aliphatic carbocycles. The molecule has 1 aromatic carbocycles. The molecule has 3 rings (SSSR count). The van der Waals surface area contributed by atoms with Crippen LogP contribution in [0.15, 0.2) is 41.6 Å². The van der Waals surface area contributed by atoms with E-state index in [9.17, 15) is 13.2 Å². The Labute approximate surface area is 139 Å². The van der Waals surface area contributed by atoms with Crippen LogP contribution in [0.25, 0.3) is 0 Å². The second-order valence-corrected chi connectivity index (χ2v) is 7.05. The molecule has 7 nitrogen and oxygen atoms in total. The first-order chi connectivity index (χ1) is 11.5. The maximum absolute atomic E-state index is 12.9. The maximum Gasteiger partial charge on any atom is 0.341 e. The number of nitrogens with zero attached hydrogens (tertiary/aromatic N) is 2. The number of carbonyl (C=O) groups is 1. The van der Waals surface area contributed by atoms with E-state index in [1.165, 1.54) is 36.7 Å². The Morgan fingerprint density at radius 2 is 2.04 bits per heavy atom. The summed E-state index contributed by atoms with van der Waals surface area (Å²) in [5, 5.41) is 0. The smallest absolute Gasteiger partial charge is 0.341 e. The molecule has 1 aliphatic rings. The number of sulfonamides is 1. The molecule has 0 unspecified atom stereocenters. The lowest BCUT2D eigenvalue weighted by molar-refractivity contribution is 0.0597. The van der Waals surface area contributed by atoms with Gasteiger partial charge in [-0.1, -0.05) is 0 Å². The van der Waals surface area contributed by atoms with E-state index in [2.05, 4.69) is 9.72 Å². The lowest BCUT2D eigenvalue weighted by Crippen LogP contribution is -2.29. The zero-order chi connectivity index (χ0) is 17.3. The van der Waals surface area contributed by atoms with E-state index in [-0.39, 0.29) is 16.2 Å². The van der Waals surface area contributed by atoms with Crippen molar-refractivity contribution in [2.45, 2.75) is 11.3 Å². The molecule has 0 radical (unpaired) electrons. The van der Waals surface area contributed by atoms with Crippen LogP contribution < -0.4 is 9.04 Å². The van der Waals surface area contributed by atoms with Crippen LogP contribution in [-0.2, 0) is 21.2 Å². The van der Waals surface area contributed by atoms with Gasteiger partial charge >= 0.3 is 5.97 Å². The molecular weight excluding hydrogens is 332 g/mol. The largest absolute Gasteiger partial charge is 0.496 e. The number of aromatic nitrogens is 1. The first-order valence-corrected chi connectivity index (χ1v) is 8.65. The minimum absolute atomic E-state index is 0.0451. The molecule has 0 spiro atoms. The molecule has 1 aromatic heterocycles. The molecule has 1 aliphatic heterocycles. The van der Waals surface area contributed by atoms with Gasteiger partial charge in [0, 0.05) is 18.8 Å².